The van der Waals surface area contributed by atoms with Crippen LogP contribution >= 0.6 is 11.3 Å². The van der Waals surface area contributed by atoms with Crippen LogP contribution in [-0.2, 0) is 12.8 Å². The van der Waals surface area contributed by atoms with Gasteiger partial charge in [0, 0.05) is 4.88 Å². The molecule has 2 aliphatic rings. The number of carbonyl (C=O) groups is 1. The molecule has 0 bridgehead atoms. The zero-order valence-electron chi connectivity index (χ0n) is 12.3. The number of phenolic OH excluding ortho intramolecular Hbond substituents is 1. The van der Waals surface area contributed by atoms with Gasteiger partial charge in [0.2, 0.25) is 0 Å². The number of hydrogen-bond donors (Lipinski definition) is 3. The third-order valence-corrected chi connectivity index (χ3v) is 5.68. The van der Waals surface area contributed by atoms with Crippen LogP contribution in [0.15, 0.2) is 24.3 Å². The molecule has 0 spiro atoms. The fraction of sp³-hybridized carbons (Fsp3) is 0.353. The summed E-state index contributed by atoms with van der Waals surface area (Å²) in [5, 5.41) is 17.0. The summed E-state index contributed by atoms with van der Waals surface area (Å²) in [6.45, 7) is 2.27. The van der Waals surface area contributed by atoms with Crippen LogP contribution < -0.4 is 10.6 Å². The third-order valence-electron chi connectivity index (χ3n) is 4.49. The molecular weight excluding hydrogens is 296 g/mol. The molecule has 2 heterocycles. The molecule has 1 aliphatic heterocycles. The molecular formula is C17H18N2O2S. The minimum atomic E-state index is -0.287. The molecule has 0 saturated heterocycles. The summed E-state index contributed by atoms with van der Waals surface area (Å²) in [6, 6.07) is 7.00. The zero-order chi connectivity index (χ0) is 15.3. The summed E-state index contributed by atoms with van der Waals surface area (Å²) in [4.78, 5) is 13.9. The van der Waals surface area contributed by atoms with Gasteiger partial charge in [-0.3, -0.25) is 4.79 Å². The van der Waals surface area contributed by atoms with Crippen molar-refractivity contribution in [2.75, 3.05) is 5.32 Å². The number of aromatic hydroxyl groups is 1. The van der Waals surface area contributed by atoms with Crippen LogP contribution in [0.4, 0.5) is 5.00 Å². The summed E-state index contributed by atoms with van der Waals surface area (Å²) in [6.07, 6.45) is 2.93. The number of nitrogens with one attached hydrogen (secondary N) is 2. The SMILES string of the molecule is C[C@H]1CCc2c(sc3c2C(=O)N[C@@H](c2cccc(O)c2)N3)C1. The molecule has 2 aromatic rings. The fourth-order valence-corrected chi connectivity index (χ4v) is 4.77. The van der Waals surface area contributed by atoms with Gasteiger partial charge in [0.05, 0.1) is 5.56 Å². The summed E-state index contributed by atoms with van der Waals surface area (Å²) in [7, 11) is 0. The van der Waals surface area contributed by atoms with Crippen molar-refractivity contribution in [3.05, 3.63) is 45.8 Å². The van der Waals surface area contributed by atoms with E-state index < -0.39 is 0 Å². The second-order valence-electron chi connectivity index (χ2n) is 6.20. The maximum atomic E-state index is 12.6. The Bertz CT molecular complexity index is 753. The molecule has 114 valence electrons. The minimum absolute atomic E-state index is 0.00542. The summed E-state index contributed by atoms with van der Waals surface area (Å²) < 4.78 is 0. The van der Waals surface area contributed by atoms with E-state index >= 15 is 0 Å². The maximum absolute atomic E-state index is 12.6. The molecule has 1 amide bonds. The molecule has 0 saturated carbocycles. The Morgan fingerprint density at radius 2 is 2.18 bits per heavy atom. The molecule has 1 aromatic carbocycles. The lowest BCUT2D eigenvalue weighted by atomic mass is 9.88. The van der Waals surface area contributed by atoms with E-state index in [0.29, 0.717) is 5.92 Å². The summed E-state index contributed by atoms with van der Waals surface area (Å²) in [5.74, 6) is 0.894. The van der Waals surface area contributed by atoms with Crippen LogP contribution in [0, 0.1) is 5.92 Å². The van der Waals surface area contributed by atoms with Crippen molar-refractivity contribution < 1.29 is 9.90 Å². The number of fused-ring (bicyclic) bond motifs is 3. The average Bonchev–Trinajstić information content (AvgIpc) is 2.84. The molecule has 1 aliphatic carbocycles. The van der Waals surface area contributed by atoms with Gasteiger partial charge in [0.1, 0.15) is 16.9 Å². The Morgan fingerprint density at radius 1 is 1.32 bits per heavy atom. The first kappa shape index (κ1) is 13.6. The largest absolute Gasteiger partial charge is 0.508 e. The molecule has 1 aromatic heterocycles. The Morgan fingerprint density at radius 3 is 3.00 bits per heavy atom. The normalized spacial score (nSPS) is 23.2. The van der Waals surface area contributed by atoms with Crippen molar-refractivity contribution >= 4 is 22.2 Å². The number of rotatable bonds is 1. The van der Waals surface area contributed by atoms with E-state index in [1.807, 2.05) is 6.07 Å². The van der Waals surface area contributed by atoms with Gasteiger partial charge in [-0.25, -0.2) is 0 Å². The van der Waals surface area contributed by atoms with Gasteiger partial charge < -0.3 is 15.7 Å². The van der Waals surface area contributed by atoms with Crippen molar-refractivity contribution in [3.63, 3.8) is 0 Å². The number of phenols is 1. The predicted molar refractivity (Wildman–Crippen MR) is 87.4 cm³/mol. The molecule has 5 heteroatoms. The number of hydrogen-bond acceptors (Lipinski definition) is 4. The molecule has 0 fully saturated rings. The highest BCUT2D eigenvalue weighted by molar-refractivity contribution is 7.16. The predicted octanol–water partition coefficient (Wildman–Crippen LogP) is 3.43. The quantitative estimate of drug-likeness (QED) is 0.756. The maximum Gasteiger partial charge on any atom is 0.256 e. The first-order chi connectivity index (χ1) is 10.6. The van der Waals surface area contributed by atoms with Gasteiger partial charge in [-0.1, -0.05) is 19.1 Å². The van der Waals surface area contributed by atoms with Crippen LogP contribution in [0.1, 0.15) is 45.9 Å². The van der Waals surface area contributed by atoms with Gasteiger partial charge >= 0.3 is 0 Å². The van der Waals surface area contributed by atoms with Crippen LogP contribution in [0.25, 0.3) is 0 Å². The van der Waals surface area contributed by atoms with E-state index in [-0.39, 0.29) is 17.8 Å². The van der Waals surface area contributed by atoms with E-state index in [9.17, 15) is 9.90 Å². The summed E-state index contributed by atoms with van der Waals surface area (Å²) in [5.41, 5.74) is 2.93. The highest BCUT2D eigenvalue weighted by Crippen LogP contribution is 2.42. The van der Waals surface area contributed by atoms with Gasteiger partial charge in [-0.2, -0.15) is 0 Å². The van der Waals surface area contributed by atoms with E-state index in [1.165, 1.54) is 10.4 Å². The lowest BCUT2D eigenvalue weighted by molar-refractivity contribution is 0.0935. The van der Waals surface area contributed by atoms with Gasteiger partial charge in [0.15, 0.2) is 0 Å². The molecule has 3 N–H and O–H groups in total. The second kappa shape index (κ2) is 5.02. The summed E-state index contributed by atoms with van der Waals surface area (Å²) >= 11 is 1.71. The van der Waals surface area contributed by atoms with Crippen molar-refractivity contribution in [2.24, 2.45) is 5.92 Å². The first-order valence-corrected chi connectivity index (χ1v) is 8.44. The highest BCUT2D eigenvalue weighted by Gasteiger charge is 2.33. The van der Waals surface area contributed by atoms with E-state index in [1.54, 1.807) is 29.5 Å². The van der Waals surface area contributed by atoms with Crippen LogP contribution in [0.2, 0.25) is 0 Å². The molecule has 4 nitrogen and oxygen atoms in total. The van der Waals surface area contributed by atoms with Crippen LogP contribution in [0.5, 0.6) is 5.75 Å². The Labute approximate surface area is 133 Å². The van der Waals surface area contributed by atoms with Crippen LogP contribution in [-0.4, -0.2) is 11.0 Å². The molecule has 0 unspecified atom stereocenters. The first-order valence-electron chi connectivity index (χ1n) is 7.62. The lowest BCUT2D eigenvalue weighted by Gasteiger charge is -2.27. The number of benzene rings is 1. The van der Waals surface area contributed by atoms with Crippen molar-refractivity contribution in [1.82, 2.24) is 5.32 Å². The van der Waals surface area contributed by atoms with Gasteiger partial charge in [-0.15, -0.1) is 11.3 Å². The highest BCUT2D eigenvalue weighted by atomic mass is 32.1. The molecule has 2 atom stereocenters. The smallest absolute Gasteiger partial charge is 0.256 e. The van der Waals surface area contributed by atoms with E-state index in [2.05, 4.69) is 17.6 Å². The van der Waals surface area contributed by atoms with Crippen LogP contribution in [0.3, 0.4) is 0 Å². The molecule has 22 heavy (non-hydrogen) atoms. The lowest BCUT2D eigenvalue weighted by Crippen LogP contribution is -2.38. The van der Waals surface area contributed by atoms with Crippen molar-refractivity contribution in [1.29, 1.82) is 0 Å². The monoisotopic (exact) mass is 314 g/mol. The number of thiophene rings is 1. The standard InChI is InChI=1S/C17H18N2O2S/c1-9-5-6-12-13(7-9)22-17-14(12)16(21)18-15(19-17)10-3-2-4-11(20)8-10/h2-4,8-9,15,19-20H,5-7H2,1H3,(H,18,21)/t9-,15+/m0/s1. The average molecular weight is 314 g/mol. The minimum Gasteiger partial charge on any atom is -0.508 e. The third kappa shape index (κ3) is 2.16. The Balaban J connectivity index is 1.71. The number of anilines is 1. The Hall–Kier alpha value is -2.01. The van der Waals surface area contributed by atoms with Gasteiger partial charge in [0.25, 0.3) is 5.91 Å². The zero-order valence-corrected chi connectivity index (χ0v) is 13.2. The number of carbonyl (C=O) groups excluding carboxylic acids is 1. The number of amides is 1. The van der Waals surface area contributed by atoms with E-state index in [0.717, 1.165) is 35.4 Å². The molecule has 4 rings (SSSR count). The Kier molecular flexibility index (Phi) is 3.11. The van der Waals surface area contributed by atoms with Gasteiger partial charge in [-0.05, 0) is 48.4 Å². The van der Waals surface area contributed by atoms with E-state index in [4.69, 9.17) is 0 Å². The fourth-order valence-electron chi connectivity index (χ4n) is 3.33. The topological polar surface area (TPSA) is 61.4 Å². The van der Waals surface area contributed by atoms with Crippen molar-refractivity contribution in [2.45, 2.75) is 32.4 Å². The second-order valence-corrected chi connectivity index (χ2v) is 7.31. The van der Waals surface area contributed by atoms with Crippen molar-refractivity contribution in [3.8, 4) is 5.75 Å². The molecule has 0 radical (unpaired) electrons.